The zero-order valence-electron chi connectivity index (χ0n) is 13.4. The second-order valence-corrected chi connectivity index (χ2v) is 6.89. The first-order chi connectivity index (χ1) is 9.11. The van der Waals surface area contributed by atoms with E-state index in [1.165, 1.54) is 52.0 Å². The second kappa shape index (κ2) is 7.05. The molecule has 0 saturated carbocycles. The summed E-state index contributed by atoms with van der Waals surface area (Å²) in [7, 11) is 2.26. The standard InChI is InChI=1S/C16H33N3/c1-5-13(2)15-12-19(9-6-8-17-15)16-7-10-18(4)11-14(16)3/h13-17H,5-12H2,1-4H3. The van der Waals surface area contributed by atoms with Crippen LogP contribution in [0.4, 0.5) is 0 Å². The van der Waals surface area contributed by atoms with Crippen molar-refractivity contribution < 1.29 is 0 Å². The molecule has 0 aliphatic carbocycles. The molecule has 2 rings (SSSR count). The van der Waals surface area contributed by atoms with Crippen LogP contribution in [0.1, 0.15) is 40.0 Å². The molecular weight excluding hydrogens is 234 g/mol. The maximum absolute atomic E-state index is 3.77. The van der Waals surface area contributed by atoms with Crippen LogP contribution in [0.3, 0.4) is 0 Å². The van der Waals surface area contributed by atoms with Gasteiger partial charge in [0.15, 0.2) is 0 Å². The summed E-state index contributed by atoms with van der Waals surface area (Å²) in [5, 5.41) is 3.77. The Balaban J connectivity index is 1.97. The normalized spacial score (nSPS) is 36.9. The topological polar surface area (TPSA) is 18.5 Å². The predicted molar refractivity (Wildman–Crippen MR) is 82.5 cm³/mol. The van der Waals surface area contributed by atoms with Gasteiger partial charge in [0.05, 0.1) is 0 Å². The Hall–Kier alpha value is -0.120. The quantitative estimate of drug-likeness (QED) is 0.844. The fourth-order valence-electron chi connectivity index (χ4n) is 3.83. The first kappa shape index (κ1) is 15.3. The summed E-state index contributed by atoms with van der Waals surface area (Å²) in [6, 6.07) is 1.50. The molecule has 0 bridgehead atoms. The van der Waals surface area contributed by atoms with E-state index in [0.29, 0.717) is 6.04 Å². The smallest absolute Gasteiger partial charge is 0.0220 e. The van der Waals surface area contributed by atoms with Crippen LogP contribution in [-0.4, -0.2) is 61.7 Å². The van der Waals surface area contributed by atoms with Crippen molar-refractivity contribution in [1.29, 1.82) is 0 Å². The van der Waals surface area contributed by atoms with Gasteiger partial charge in [-0.05, 0) is 51.4 Å². The number of nitrogens with one attached hydrogen (secondary N) is 1. The summed E-state index contributed by atoms with van der Waals surface area (Å²) in [6.45, 7) is 13.4. The van der Waals surface area contributed by atoms with Gasteiger partial charge in [-0.1, -0.05) is 27.2 Å². The molecule has 2 aliphatic rings. The fraction of sp³-hybridized carbons (Fsp3) is 1.00. The highest BCUT2D eigenvalue weighted by molar-refractivity contribution is 4.88. The molecule has 112 valence electrons. The minimum absolute atomic E-state index is 0.694. The summed E-state index contributed by atoms with van der Waals surface area (Å²) in [6.07, 6.45) is 3.95. The number of nitrogens with zero attached hydrogens (tertiary/aromatic N) is 2. The van der Waals surface area contributed by atoms with E-state index in [1.54, 1.807) is 0 Å². The monoisotopic (exact) mass is 267 g/mol. The lowest BCUT2D eigenvalue weighted by molar-refractivity contribution is 0.0697. The van der Waals surface area contributed by atoms with E-state index < -0.39 is 0 Å². The molecule has 1 N–H and O–H groups in total. The Morgan fingerprint density at radius 1 is 1.26 bits per heavy atom. The van der Waals surface area contributed by atoms with Crippen LogP contribution < -0.4 is 5.32 Å². The number of hydrogen-bond acceptors (Lipinski definition) is 3. The zero-order chi connectivity index (χ0) is 13.8. The Labute approximate surface area is 119 Å². The molecule has 4 unspecified atom stereocenters. The van der Waals surface area contributed by atoms with E-state index in [0.717, 1.165) is 17.9 Å². The molecular formula is C16H33N3. The van der Waals surface area contributed by atoms with Crippen molar-refractivity contribution in [1.82, 2.24) is 15.1 Å². The van der Waals surface area contributed by atoms with Crippen molar-refractivity contribution in [2.24, 2.45) is 11.8 Å². The first-order valence-electron chi connectivity index (χ1n) is 8.27. The maximum Gasteiger partial charge on any atom is 0.0220 e. The largest absolute Gasteiger partial charge is 0.312 e. The molecule has 2 aliphatic heterocycles. The van der Waals surface area contributed by atoms with Gasteiger partial charge in [-0.25, -0.2) is 0 Å². The SMILES string of the molecule is CCC(C)C1CN(C2CCN(C)CC2C)CCCN1. The minimum atomic E-state index is 0.694. The summed E-state index contributed by atoms with van der Waals surface area (Å²) in [4.78, 5) is 5.29. The Morgan fingerprint density at radius 3 is 2.74 bits per heavy atom. The van der Waals surface area contributed by atoms with Gasteiger partial charge in [-0.2, -0.15) is 0 Å². The first-order valence-corrected chi connectivity index (χ1v) is 8.27. The third kappa shape index (κ3) is 3.93. The van der Waals surface area contributed by atoms with Crippen LogP contribution in [0, 0.1) is 11.8 Å². The average Bonchev–Trinajstić information content (AvgIpc) is 2.63. The molecule has 0 aromatic heterocycles. The van der Waals surface area contributed by atoms with Crippen LogP contribution in [-0.2, 0) is 0 Å². The van der Waals surface area contributed by atoms with E-state index in [-0.39, 0.29) is 0 Å². The average molecular weight is 267 g/mol. The molecule has 2 saturated heterocycles. The Kier molecular flexibility index (Phi) is 5.67. The van der Waals surface area contributed by atoms with Gasteiger partial charge in [0, 0.05) is 25.2 Å². The van der Waals surface area contributed by atoms with E-state index in [4.69, 9.17) is 0 Å². The van der Waals surface area contributed by atoms with Crippen LogP contribution in [0.2, 0.25) is 0 Å². The molecule has 3 heteroatoms. The molecule has 2 heterocycles. The van der Waals surface area contributed by atoms with Crippen LogP contribution in [0.25, 0.3) is 0 Å². The molecule has 2 fully saturated rings. The van der Waals surface area contributed by atoms with Gasteiger partial charge in [-0.15, -0.1) is 0 Å². The Bertz CT molecular complexity index is 269. The molecule has 3 nitrogen and oxygen atoms in total. The second-order valence-electron chi connectivity index (χ2n) is 6.89. The highest BCUT2D eigenvalue weighted by atomic mass is 15.2. The molecule has 0 spiro atoms. The van der Waals surface area contributed by atoms with Crippen LogP contribution in [0.15, 0.2) is 0 Å². The van der Waals surface area contributed by atoms with Crippen molar-refractivity contribution in [3.8, 4) is 0 Å². The van der Waals surface area contributed by atoms with Crippen LogP contribution in [0.5, 0.6) is 0 Å². The number of likely N-dealkylation sites (tertiary alicyclic amines) is 1. The third-order valence-electron chi connectivity index (χ3n) is 5.32. The molecule has 0 amide bonds. The lowest BCUT2D eigenvalue weighted by Gasteiger charge is -2.42. The summed E-state index contributed by atoms with van der Waals surface area (Å²) in [5.74, 6) is 1.61. The minimum Gasteiger partial charge on any atom is -0.312 e. The molecule has 0 aromatic carbocycles. The summed E-state index contributed by atoms with van der Waals surface area (Å²) >= 11 is 0. The highest BCUT2D eigenvalue weighted by Gasteiger charge is 2.32. The summed E-state index contributed by atoms with van der Waals surface area (Å²) in [5.41, 5.74) is 0. The van der Waals surface area contributed by atoms with E-state index in [2.05, 4.69) is 42.9 Å². The highest BCUT2D eigenvalue weighted by Crippen LogP contribution is 2.24. The number of piperidine rings is 1. The van der Waals surface area contributed by atoms with E-state index >= 15 is 0 Å². The third-order valence-corrected chi connectivity index (χ3v) is 5.32. The van der Waals surface area contributed by atoms with Crippen molar-refractivity contribution in [3.05, 3.63) is 0 Å². The lowest BCUT2D eigenvalue weighted by atomic mass is 9.91. The number of hydrogen-bond donors (Lipinski definition) is 1. The van der Waals surface area contributed by atoms with Crippen molar-refractivity contribution in [2.75, 3.05) is 39.8 Å². The molecule has 0 aromatic rings. The van der Waals surface area contributed by atoms with Crippen LogP contribution >= 0.6 is 0 Å². The molecule has 4 atom stereocenters. The van der Waals surface area contributed by atoms with Crippen molar-refractivity contribution >= 4 is 0 Å². The van der Waals surface area contributed by atoms with E-state index in [1.807, 2.05) is 0 Å². The lowest BCUT2D eigenvalue weighted by Crippen LogP contribution is -2.52. The van der Waals surface area contributed by atoms with Gasteiger partial charge >= 0.3 is 0 Å². The molecule has 19 heavy (non-hydrogen) atoms. The van der Waals surface area contributed by atoms with E-state index in [9.17, 15) is 0 Å². The predicted octanol–water partition coefficient (Wildman–Crippen LogP) is 2.04. The van der Waals surface area contributed by atoms with Crippen molar-refractivity contribution in [3.63, 3.8) is 0 Å². The molecule has 0 radical (unpaired) electrons. The van der Waals surface area contributed by atoms with Gasteiger partial charge in [0.2, 0.25) is 0 Å². The Morgan fingerprint density at radius 2 is 2.05 bits per heavy atom. The van der Waals surface area contributed by atoms with Gasteiger partial charge in [0.1, 0.15) is 0 Å². The zero-order valence-corrected chi connectivity index (χ0v) is 13.4. The van der Waals surface area contributed by atoms with Crippen molar-refractivity contribution in [2.45, 2.75) is 52.1 Å². The summed E-state index contributed by atoms with van der Waals surface area (Å²) < 4.78 is 0. The fourth-order valence-corrected chi connectivity index (χ4v) is 3.83. The van der Waals surface area contributed by atoms with Gasteiger partial charge in [0.25, 0.3) is 0 Å². The number of rotatable bonds is 3. The van der Waals surface area contributed by atoms with Gasteiger partial charge < -0.3 is 10.2 Å². The van der Waals surface area contributed by atoms with Gasteiger partial charge in [-0.3, -0.25) is 4.90 Å². The maximum atomic E-state index is 3.77.